The largest absolute Gasteiger partial charge is 0.477 e. The van der Waals surface area contributed by atoms with Crippen LogP contribution in [0.5, 0.6) is 0 Å². The van der Waals surface area contributed by atoms with Crippen molar-refractivity contribution in [2.24, 2.45) is 0 Å². The van der Waals surface area contributed by atoms with Crippen molar-refractivity contribution >= 4 is 17.6 Å². The van der Waals surface area contributed by atoms with Crippen LogP contribution in [0.4, 0.5) is 0 Å². The Morgan fingerprint density at radius 2 is 2.00 bits per heavy atom. The summed E-state index contributed by atoms with van der Waals surface area (Å²) in [4.78, 5) is 18.3. The van der Waals surface area contributed by atoms with Gasteiger partial charge in [-0.15, -0.1) is 0 Å². The van der Waals surface area contributed by atoms with Gasteiger partial charge in [-0.2, -0.15) is 0 Å². The van der Waals surface area contributed by atoms with E-state index in [-0.39, 0.29) is 11.2 Å². The minimum absolute atomic E-state index is 0.178. The first-order chi connectivity index (χ1) is 11.7. The molecule has 1 unspecified atom stereocenters. The van der Waals surface area contributed by atoms with Crippen molar-refractivity contribution in [3.63, 3.8) is 0 Å². The molecule has 5 nitrogen and oxygen atoms in total. The fourth-order valence-electron chi connectivity index (χ4n) is 3.00. The molecule has 2 rings (SSSR count). The molecule has 136 valence electrons. The topological polar surface area (TPSA) is 78.0 Å². The molecule has 25 heavy (non-hydrogen) atoms. The van der Waals surface area contributed by atoms with Crippen LogP contribution in [-0.2, 0) is 12.0 Å². The first-order valence-electron chi connectivity index (χ1n) is 8.55. The van der Waals surface area contributed by atoms with Gasteiger partial charge in [0.25, 0.3) is 0 Å². The standard InChI is InChI=1S/C19H26ClN3O2/c1-5-15(10-11-16-21-12(2)17(22-16)18(24)25)23-19(3,4)13-6-8-14(20)9-7-13/h6-9,15,23H,5,10-11H2,1-4H3,(H,21,22)(H,24,25). The molecule has 3 N–H and O–H groups in total. The summed E-state index contributed by atoms with van der Waals surface area (Å²) in [7, 11) is 0. The van der Waals surface area contributed by atoms with Crippen molar-refractivity contribution in [3.8, 4) is 0 Å². The molecule has 0 spiro atoms. The zero-order chi connectivity index (χ0) is 18.6. The van der Waals surface area contributed by atoms with Crippen LogP contribution in [0.2, 0.25) is 5.02 Å². The number of halogens is 1. The Kier molecular flexibility index (Phi) is 6.25. The second-order valence-electron chi connectivity index (χ2n) is 6.87. The molecule has 0 aliphatic carbocycles. The van der Waals surface area contributed by atoms with Crippen molar-refractivity contribution in [1.29, 1.82) is 0 Å². The molecule has 0 amide bonds. The molecular weight excluding hydrogens is 338 g/mol. The van der Waals surface area contributed by atoms with E-state index in [9.17, 15) is 4.79 Å². The summed E-state index contributed by atoms with van der Waals surface area (Å²) in [5, 5.41) is 13.5. The van der Waals surface area contributed by atoms with Gasteiger partial charge in [0, 0.05) is 23.0 Å². The van der Waals surface area contributed by atoms with Gasteiger partial charge in [0.2, 0.25) is 0 Å². The van der Waals surface area contributed by atoms with E-state index in [2.05, 4.69) is 36.1 Å². The summed E-state index contributed by atoms with van der Waals surface area (Å²) >= 11 is 5.98. The number of aromatic nitrogens is 2. The third-order valence-corrected chi connectivity index (χ3v) is 4.75. The fourth-order valence-corrected chi connectivity index (χ4v) is 3.12. The van der Waals surface area contributed by atoms with Gasteiger partial charge in [0.1, 0.15) is 11.5 Å². The number of imidazole rings is 1. The van der Waals surface area contributed by atoms with Gasteiger partial charge in [0.15, 0.2) is 0 Å². The maximum atomic E-state index is 11.1. The number of H-pyrrole nitrogens is 1. The Morgan fingerprint density at radius 3 is 2.52 bits per heavy atom. The highest BCUT2D eigenvalue weighted by Gasteiger charge is 2.24. The average molecular weight is 364 g/mol. The van der Waals surface area contributed by atoms with E-state index in [0.29, 0.717) is 18.2 Å². The van der Waals surface area contributed by atoms with Gasteiger partial charge in [-0.1, -0.05) is 30.7 Å². The van der Waals surface area contributed by atoms with Gasteiger partial charge in [-0.05, 0) is 51.3 Å². The number of aryl methyl sites for hydroxylation is 2. The highest BCUT2D eigenvalue weighted by molar-refractivity contribution is 6.30. The average Bonchev–Trinajstić information content (AvgIpc) is 2.93. The Labute approximate surface area is 153 Å². The number of nitrogens with one attached hydrogen (secondary N) is 2. The fraction of sp³-hybridized carbons (Fsp3) is 0.474. The molecular formula is C19H26ClN3O2. The minimum Gasteiger partial charge on any atom is -0.477 e. The lowest BCUT2D eigenvalue weighted by Crippen LogP contribution is -2.43. The van der Waals surface area contributed by atoms with E-state index in [1.165, 1.54) is 5.56 Å². The predicted octanol–water partition coefficient (Wildman–Crippen LogP) is 4.31. The quantitative estimate of drug-likeness (QED) is 0.653. The number of hydrogen-bond donors (Lipinski definition) is 3. The highest BCUT2D eigenvalue weighted by Crippen LogP contribution is 2.24. The summed E-state index contributed by atoms with van der Waals surface area (Å²) in [6.07, 6.45) is 2.55. The van der Waals surface area contributed by atoms with Crippen LogP contribution in [0, 0.1) is 6.92 Å². The van der Waals surface area contributed by atoms with Crippen LogP contribution in [0.25, 0.3) is 0 Å². The number of aromatic amines is 1. The van der Waals surface area contributed by atoms with Crippen LogP contribution >= 0.6 is 11.6 Å². The summed E-state index contributed by atoms with van der Waals surface area (Å²) < 4.78 is 0. The van der Waals surface area contributed by atoms with Gasteiger partial charge >= 0.3 is 5.97 Å². The molecule has 1 atom stereocenters. The molecule has 2 aromatic rings. The molecule has 0 aliphatic rings. The Balaban J connectivity index is 2.01. The number of benzene rings is 1. The first-order valence-corrected chi connectivity index (χ1v) is 8.93. The molecule has 1 aromatic heterocycles. The van der Waals surface area contributed by atoms with E-state index >= 15 is 0 Å². The van der Waals surface area contributed by atoms with Crippen LogP contribution in [0.3, 0.4) is 0 Å². The number of hydrogen-bond acceptors (Lipinski definition) is 3. The van der Waals surface area contributed by atoms with Crippen molar-refractivity contribution in [2.45, 2.75) is 58.5 Å². The Hall–Kier alpha value is -1.85. The summed E-state index contributed by atoms with van der Waals surface area (Å²) in [5.74, 6) is -0.246. The number of carbonyl (C=O) groups is 1. The van der Waals surface area contributed by atoms with Crippen molar-refractivity contribution in [1.82, 2.24) is 15.3 Å². The molecule has 0 bridgehead atoms. The highest BCUT2D eigenvalue weighted by atomic mass is 35.5. The number of aromatic carboxylic acids is 1. The molecule has 0 fully saturated rings. The monoisotopic (exact) mass is 363 g/mol. The second-order valence-corrected chi connectivity index (χ2v) is 7.31. The van der Waals surface area contributed by atoms with Crippen LogP contribution < -0.4 is 5.32 Å². The van der Waals surface area contributed by atoms with Gasteiger partial charge < -0.3 is 15.4 Å². The lowest BCUT2D eigenvalue weighted by molar-refractivity contribution is 0.0690. The molecule has 0 saturated heterocycles. The Morgan fingerprint density at radius 1 is 1.36 bits per heavy atom. The Bertz CT molecular complexity index is 723. The van der Waals surface area contributed by atoms with Crippen molar-refractivity contribution in [3.05, 3.63) is 52.1 Å². The van der Waals surface area contributed by atoms with E-state index in [1.54, 1.807) is 6.92 Å². The number of rotatable bonds is 8. The summed E-state index contributed by atoms with van der Waals surface area (Å²) in [6.45, 7) is 8.16. The van der Waals surface area contributed by atoms with Gasteiger partial charge in [-0.25, -0.2) is 9.78 Å². The van der Waals surface area contributed by atoms with E-state index in [0.717, 1.165) is 23.7 Å². The molecule has 0 saturated carbocycles. The first kappa shape index (κ1) is 19.5. The number of nitrogens with zero attached hydrogens (tertiary/aromatic N) is 1. The molecule has 1 aromatic carbocycles. The summed E-state index contributed by atoms with van der Waals surface area (Å²) in [5.41, 5.74) is 1.70. The maximum Gasteiger partial charge on any atom is 0.354 e. The third kappa shape index (κ3) is 5.06. The van der Waals surface area contributed by atoms with Gasteiger partial charge in [0.05, 0.1) is 5.69 Å². The SMILES string of the molecule is CCC(CCc1nc(C)c(C(=O)O)[nH]1)NC(C)(C)c1ccc(Cl)cc1. The minimum atomic E-state index is -0.967. The zero-order valence-electron chi connectivity index (χ0n) is 15.2. The second kappa shape index (κ2) is 8.02. The molecule has 0 aliphatic heterocycles. The van der Waals surface area contributed by atoms with Gasteiger partial charge in [-0.3, -0.25) is 0 Å². The van der Waals surface area contributed by atoms with E-state index in [1.807, 2.05) is 24.3 Å². The predicted molar refractivity (Wildman–Crippen MR) is 100 cm³/mol. The maximum absolute atomic E-state index is 11.1. The van der Waals surface area contributed by atoms with Crippen LogP contribution in [0.15, 0.2) is 24.3 Å². The van der Waals surface area contributed by atoms with Crippen LogP contribution in [0.1, 0.15) is 61.2 Å². The summed E-state index contributed by atoms with van der Waals surface area (Å²) in [6, 6.07) is 8.18. The lowest BCUT2D eigenvalue weighted by Gasteiger charge is -2.32. The van der Waals surface area contributed by atoms with E-state index in [4.69, 9.17) is 16.7 Å². The van der Waals surface area contributed by atoms with Crippen molar-refractivity contribution < 1.29 is 9.90 Å². The third-order valence-electron chi connectivity index (χ3n) is 4.50. The molecule has 6 heteroatoms. The smallest absolute Gasteiger partial charge is 0.354 e. The molecule has 1 heterocycles. The number of carboxylic acids is 1. The normalized spacial score (nSPS) is 13.0. The van der Waals surface area contributed by atoms with E-state index < -0.39 is 5.97 Å². The number of carboxylic acid groups (broad SMARTS) is 1. The molecule has 0 radical (unpaired) electrons. The zero-order valence-corrected chi connectivity index (χ0v) is 15.9. The van der Waals surface area contributed by atoms with Crippen molar-refractivity contribution in [2.75, 3.05) is 0 Å². The lowest BCUT2D eigenvalue weighted by atomic mass is 9.92. The van der Waals surface area contributed by atoms with Crippen LogP contribution in [-0.4, -0.2) is 27.1 Å².